The topological polar surface area (TPSA) is 36.4 Å². The molecule has 2 saturated heterocycles. The molecule has 1 spiro atoms. The number of thiophene rings is 1. The summed E-state index contributed by atoms with van der Waals surface area (Å²) in [4.78, 5) is 24.4. The molecule has 4 rings (SSSR count). The number of rotatable bonds is 4. The molecule has 1 atom stereocenters. The predicted octanol–water partition coefficient (Wildman–Crippen LogP) is 3.45. The minimum Gasteiger partial charge on any atom is -0.336 e. The summed E-state index contributed by atoms with van der Waals surface area (Å²) in [7, 11) is 0. The fraction of sp³-hybridized carbons (Fsp3) is 0.556. The molecule has 0 N–H and O–H groups in total. The molecule has 2 aromatic rings. The van der Waals surface area contributed by atoms with Crippen molar-refractivity contribution in [1.29, 1.82) is 0 Å². The van der Waals surface area contributed by atoms with Crippen LogP contribution < -0.4 is 0 Å². The van der Waals surface area contributed by atoms with E-state index in [1.807, 2.05) is 23.2 Å². The number of aryl methyl sites for hydroxylation is 2. The summed E-state index contributed by atoms with van der Waals surface area (Å²) in [5, 5.41) is 3.15. The van der Waals surface area contributed by atoms with Gasteiger partial charge in [0.05, 0.1) is 17.2 Å². The van der Waals surface area contributed by atoms with Crippen molar-refractivity contribution in [3.63, 3.8) is 0 Å². The molecule has 2 aromatic heterocycles. The first-order chi connectivity index (χ1) is 11.5. The van der Waals surface area contributed by atoms with Crippen LogP contribution in [0.25, 0.3) is 0 Å². The normalized spacial score (nSPS) is 24.6. The molecule has 0 unspecified atom stereocenters. The summed E-state index contributed by atoms with van der Waals surface area (Å²) in [5.41, 5.74) is 1.20. The second kappa shape index (κ2) is 6.24. The molecule has 0 bridgehead atoms. The highest BCUT2D eigenvalue weighted by atomic mass is 32.1. The predicted molar refractivity (Wildman–Crippen MR) is 98.3 cm³/mol. The van der Waals surface area contributed by atoms with Crippen LogP contribution in [-0.2, 0) is 17.9 Å². The van der Waals surface area contributed by atoms with Crippen molar-refractivity contribution < 1.29 is 4.79 Å². The van der Waals surface area contributed by atoms with Gasteiger partial charge in [-0.15, -0.1) is 22.7 Å². The van der Waals surface area contributed by atoms with Crippen LogP contribution in [0.4, 0.5) is 0 Å². The van der Waals surface area contributed by atoms with Crippen LogP contribution in [0, 0.1) is 19.3 Å². The number of amides is 1. The van der Waals surface area contributed by atoms with Gasteiger partial charge in [-0.2, -0.15) is 0 Å². The average Bonchev–Trinajstić information content (AvgIpc) is 3.26. The van der Waals surface area contributed by atoms with E-state index in [1.165, 1.54) is 9.75 Å². The maximum Gasteiger partial charge on any atom is 0.223 e. The summed E-state index contributed by atoms with van der Waals surface area (Å²) in [6.45, 7) is 8.92. The van der Waals surface area contributed by atoms with Crippen LogP contribution in [0.15, 0.2) is 17.5 Å². The van der Waals surface area contributed by atoms with Crippen LogP contribution in [-0.4, -0.2) is 40.3 Å². The van der Waals surface area contributed by atoms with Gasteiger partial charge in [-0.05, 0) is 38.9 Å². The van der Waals surface area contributed by atoms with Gasteiger partial charge in [-0.25, -0.2) is 4.98 Å². The number of thiazole rings is 1. The Bertz CT molecular complexity index is 753. The quantitative estimate of drug-likeness (QED) is 0.837. The number of hydrogen-bond donors (Lipinski definition) is 0. The SMILES string of the molecule is Cc1ccc(CN2CC[C@@]3(CC(=O)N(Cc4csc(C)n4)C3)C2)s1. The second-order valence-electron chi connectivity index (χ2n) is 7.26. The highest BCUT2D eigenvalue weighted by Gasteiger charge is 2.47. The van der Waals surface area contributed by atoms with E-state index in [1.54, 1.807) is 11.3 Å². The maximum atomic E-state index is 12.5. The molecule has 0 saturated carbocycles. The number of aromatic nitrogens is 1. The first-order valence-electron chi connectivity index (χ1n) is 8.48. The van der Waals surface area contributed by atoms with Crippen molar-refractivity contribution in [3.05, 3.63) is 38.0 Å². The lowest BCUT2D eigenvalue weighted by Crippen LogP contribution is -2.31. The lowest BCUT2D eigenvalue weighted by Gasteiger charge is -2.24. The van der Waals surface area contributed by atoms with E-state index in [4.69, 9.17) is 0 Å². The molecular formula is C18H23N3OS2. The molecule has 4 heterocycles. The minimum absolute atomic E-state index is 0.161. The molecule has 2 aliphatic rings. The summed E-state index contributed by atoms with van der Waals surface area (Å²) >= 11 is 3.54. The number of carbonyl (C=O) groups excluding carboxylic acids is 1. The zero-order valence-electron chi connectivity index (χ0n) is 14.2. The summed E-state index contributed by atoms with van der Waals surface area (Å²) in [6.07, 6.45) is 1.84. The van der Waals surface area contributed by atoms with Crippen LogP contribution in [0.1, 0.15) is 33.3 Å². The lowest BCUT2D eigenvalue weighted by atomic mass is 9.86. The zero-order valence-corrected chi connectivity index (χ0v) is 15.9. The van der Waals surface area contributed by atoms with Gasteiger partial charge in [0.15, 0.2) is 0 Å². The molecule has 0 aromatic carbocycles. The van der Waals surface area contributed by atoms with Crippen molar-refractivity contribution in [2.45, 2.75) is 39.8 Å². The Labute approximate surface area is 151 Å². The second-order valence-corrected chi connectivity index (χ2v) is 9.69. The molecule has 2 fully saturated rings. The van der Waals surface area contributed by atoms with Gasteiger partial charge in [0.1, 0.15) is 0 Å². The van der Waals surface area contributed by atoms with Crippen LogP contribution in [0.5, 0.6) is 0 Å². The Morgan fingerprint density at radius 1 is 1.25 bits per heavy atom. The Morgan fingerprint density at radius 2 is 2.12 bits per heavy atom. The van der Waals surface area contributed by atoms with Gasteiger partial charge in [-0.3, -0.25) is 9.69 Å². The van der Waals surface area contributed by atoms with Crippen molar-refractivity contribution in [1.82, 2.24) is 14.8 Å². The fourth-order valence-electron chi connectivity index (χ4n) is 4.03. The molecule has 24 heavy (non-hydrogen) atoms. The summed E-state index contributed by atoms with van der Waals surface area (Å²) in [6, 6.07) is 4.43. The number of hydrogen-bond acceptors (Lipinski definition) is 5. The fourth-order valence-corrected chi connectivity index (χ4v) is 5.57. The molecule has 2 aliphatic heterocycles. The van der Waals surface area contributed by atoms with Gasteiger partial charge in [0.2, 0.25) is 5.91 Å². The summed E-state index contributed by atoms with van der Waals surface area (Å²) < 4.78 is 0. The van der Waals surface area contributed by atoms with E-state index in [2.05, 4.69) is 34.3 Å². The first-order valence-corrected chi connectivity index (χ1v) is 10.2. The highest BCUT2D eigenvalue weighted by molar-refractivity contribution is 7.11. The van der Waals surface area contributed by atoms with Gasteiger partial charge >= 0.3 is 0 Å². The van der Waals surface area contributed by atoms with Gasteiger partial charge in [0, 0.05) is 46.6 Å². The Balaban J connectivity index is 1.39. The van der Waals surface area contributed by atoms with Crippen molar-refractivity contribution in [2.24, 2.45) is 5.41 Å². The molecular weight excluding hydrogens is 338 g/mol. The number of nitrogens with zero attached hydrogens (tertiary/aromatic N) is 3. The minimum atomic E-state index is 0.161. The molecule has 6 heteroatoms. The first kappa shape index (κ1) is 16.2. The van der Waals surface area contributed by atoms with Crippen molar-refractivity contribution >= 4 is 28.6 Å². The van der Waals surface area contributed by atoms with Gasteiger partial charge in [-0.1, -0.05) is 0 Å². The van der Waals surface area contributed by atoms with Crippen LogP contribution in [0.2, 0.25) is 0 Å². The third-order valence-corrected chi connectivity index (χ3v) is 6.93. The average molecular weight is 362 g/mol. The Morgan fingerprint density at radius 3 is 2.83 bits per heavy atom. The standard InChI is InChI=1S/C18H23N3OS2/c1-13-3-4-16(24-13)9-20-6-5-18(11-20)7-17(22)21(12-18)8-15-10-23-14(2)19-15/h3-4,10H,5-9,11-12H2,1-2H3/t18-/m1/s1. The Kier molecular flexibility index (Phi) is 4.22. The van der Waals surface area contributed by atoms with Crippen LogP contribution >= 0.6 is 22.7 Å². The molecule has 128 valence electrons. The third kappa shape index (κ3) is 3.27. The number of likely N-dealkylation sites (tertiary alicyclic amines) is 2. The van der Waals surface area contributed by atoms with Gasteiger partial charge in [0.25, 0.3) is 0 Å². The molecule has 1 amide bonds. The zero-order chi connectivity index (χ0) is 16.7. The number of carbonyl (C=O) groups is 1. The monoisotopic (exact) mass is 361 g/mol. The van der Waals surface area contributed by atoms with Crippen LogP contribution in [0.3, 0.4) is 0 Å². The molecule has 4 nitrogen and oxygen atoms in total. The van der Waals surface area contributed by atoms with Crippen molar-refractivity contribution in [2.75, 3.05) is 19.6 Å². The largest absolute Gasteiger partial charge is 0.336 e. The third-order valence-electron chi connectivity index (χ3n) is 5.12. The van der Waals surface area contributed by atoms with E-state index < -0.39 is 0 Å². The van der Waals surface area contributed by atoms with E-state index in [9.17, 15) is 4.79 Å². The van der Waals surface area contributed by atoms with E-state index >= 15 is 0 Å². The highest BCUT2D eigenvalue weighted by Crippen LogP contribution is 2.41. The van der Waals surface area contributed by atoms with E-state index in [0.717, 1.165) is 43.3 Å². The van der Waals surface area contributed by atoms with Crippen molar-refractivity contribution in [3.8, 4) is 0 Å². The smallest absolute Gasteiger partial charge is 0.223 e. The molecule has 0 aliphatic carbocycles. The van der Waals surface area contributed by atoms with E-state index in [0.29, 0.717) is 18.9 Å². The summed E-state index contributed by atoms with van der Waals surface area (Å²) in [5.74, 6) is 0.300. The van der Waals surface area contributed by atoms with E-state index in [-0.39, 0.29) is 5.41 Å². The molecule has 0 radical (unpaired) electrons. The maximum absolute atomic E-state index is 12.5. The Hall–Kier alpha value is -1.24. The lowest BCUT2D eigenvalue weighted by molar-refractivity contribution is -0.128. The van der Waals surface area contributed by atoms with Gasteiger partial charge < -0.3 is 4.90 Å².